The summed E-state index contributed by atoms with van der Waals surface area (Å²) >= 11 is 0. The van der Waals surface area contributed by atoms with Crippen molar-refractivity contribution < 1.29 is 28.6 Å². The molecular formula is C19H33NO6. The van der Waals surface area contributed by atoms with Crippen LogP contribution in [0.25, 0.3) is 0 Å². The molecule has 4 atom stereocenters. The number of methoxy groups -OCH3 is 2. The fourth-order valence-electron chi connectivity index (χ4n) is 2.83. The lowest BCUT2D eigenvalue weighted by Crippen LogP contribution is -2.49. The predicted molar refractivity (Wildman–Crippen MR) is 96.8 cm³/mol. The van der Waals surface area contributed by atoms with Crippen LogP contribution in [0, 0.1) is 17.8 Å². The zero-order chi connectivity index (χ0) is 19.9. The quantitative estimate of drug-likeness (QED) is 0.492. The van der Waals surface area contributed by atoms with Crippen molar-refractivity contribution in [3.05, 3.63) is 0 Å². The molecule has 0 bridgehead atoms. The molecule has 1 saturated heterocycles. The summed E-state index contributed by atoms with van der Waals surface area (Å²) in [4.78, 5) is 37.7. The number of ether oxygens (including phenoxy) is 3. The van der Waals surface area contributed by atoms with Crippen LogP contribution in [0.4, 0.5) is 0 Å². The molecule has 1 N–H and O–H groups in total. The number of hydrogen-bond acceptors (Lipinski definition) is 6. The van der Waals surface area contributed by atoms with Crippen LogP contribution in [0.5, 0.6) is 0 Å². The first-order chi connectivity index (χ1) is 12.1. The second kappa shape index (κ2) is 10.1. The van der Waals surface area contributed by atoms with Gasteiger partial charge in [0.05, 0.1) is 31.8 Å². The van der Waals surface area contributed by atoms with Gasteiger partial charge >= 0.3 is 0 Å². The lowest BCUT2D eigenvalue weighted by molar-refractivity contribution is -0.136. The predicted octanol–water partition coefficient (Wildman–Crippen LogP) is 1.38. The third-order valence-electron chi connectivity index (χ3n) is 4.59. The number of Topliss-reactive ketones (excluding diaryl/α,β-unsaturated/α-hetero) is 2. The molecule has 0 unspecified atom stereocenters. The zero-order valence-corrected chi connectivity index (χ0v) is 16.8. The highest BCUT2D eigenvalue weighted by atomic mass is 16.6. The largest absolute Gasteiger partial charge is 0.384 e. The van der Waals surface area contributed by atoms with Crippen molar-refractivity contribution in [3.8, 4) is 0 Å². The maximum absolute atomic E-state index is 12.7. The van der Waals surface area contributed by atoms with E-state index >= 15 is 0 Å². The molecule has 0 spiro atoms. The lowest BCUT2D eigenvalue weighted by atomic mass is 9.91. The number of epoxide rings is 1. The second-order valence-corrected chi connectivity index (χ2v) is 7.75. The number of rotatable bonds is 13. The summed E-state index contributed by atoms with van der Waals surface area (Å²) in [5.41, 5.74) is -0.799. The number of hydrogen-bond donors (Lipinski definition) is 1. The van der Waals surface area contributed by atoms with Crippen molar-refractivity contribution >= 4 is 17.5 Å². The first-order valence-corrected chi connectivity index (χ1v) is 9.13. The molecule has 1 amide bonds. The Labute approximate surface area is 156 Å². The fourth-order valence-corrected chi connectivity index (χ4v) is 2.83. The molecule has 1 heterocycles. The number of nitrogens with one attached hydrogen (secondary N) is 1. The molecule has 7 nitrogen and oxygen atoms in total. The normalized spacial score (nSPS) is 22.6. The van der Waals surface area contributed by atoms with E-state index in [2.05, 4.69) is 5.32 Å². The topological polar surface area (TPSA) is 94.2 Å². The van der Waals surface area contributed by atoms with E-state index in [4.69, 9.17) is 14.2 Å². The molecule has 1 rings (SSSR count). The van der Waals surface area contributed by atoms with E-state index in [9.17, 15) is 14.4 Å². The van der Waals surface area contributed by atoms with Crippen LogP contribution in [0.1, 0.15) is 40.5 Å². The standard InChI is InChI=1S/C19H33NO6/c1-12(2)7-15(17(22)19(4)11-26-19)20-18(23)14(10-25-6)8-16(21)13(3)9-24-5/h12-15H,7-11H2,1-6H3,(H,20,23)/t13-,14-,15-,19+/m0/s1. The van der Waals surface area contributed by atoms with Gasteiger partial charge in [-0.2, -0.15) is 0 Å². The van der Waals surface area contributed by atoms with Crippen molar-refractivity contribution in [2.45, 2.75) is 52.2 Å². The van der Waals surface area contributed by atoms with Crippen LogP contribution in [0.3, 0.4) is 0 Å². The van der Waals surface area contributed by atoms with Crippen LogP contribution in [0.15, 0.2) is 0 Å². The Morgan fingerprint density at radius 2 is 1.69 bits per heavy atom. The Morgan fingerprint density at radius 3 is 2.15 bits per heavy atom. The van der Waals surface area contributed by atoms with E-state index < -0.39 is 17.6 Å². The summed E-state index contributed by atoms with van der Waals surface area (Å²) in [7, 11) is 3.02. The minimum atomic E-state index is -0.799. The molecule has 7 heteroatoms. The van der Waals surface area contributed by atoms with Crippen molar-refractivity contribution in [2.24, 2.45) is 17.8 Å². The van der Waals surface area contributed by atoms with Gasteiger partial charge in [-0.25, -0.2) is 0 Å². The molecule has 0 saturated carbocycles. The molecule has 1 aliphatic heterocycles. The molecule has 1 aliphatic rings. The minimum absolute atomic E-state index is 0.0561. The van der Waals surface area contributed by atoms with E-state index in [1.54, 1.807) is 13.8 Å². The molecular weight excluding hydrogens is 338 g/mol. The highest BCUT2D eigenvalue weighted by Gasteiger charge is 2.50. The molecule has 1 fully saturated rings. The Kier molecular flexibility index (Phi) is 8.86. The first kappa shape index (κ1) is 22.7. The third kappa shape index (κ3) is 6.78. The van der Waals surface area contributed by atoms with Crippen LogP contribution in [0.2, 0.25) is 0 Å². The number of amides is 1. The van der Waals surface area contributed by atoms with E-state index in [0.29, 0.717) is 19.6 Å². The Bertz CT molecular complexity index is 500. The maximum atomic E-state index is 12.7. The summed E-state index contributed by atoms with van der Waals surface area (Å²) < 4.78 is 15.4. The molecule has 26 heavy (non-hydrogen) atoms. The molecule has 0 aliphatic carbocycles. The second-order valence-electron chi connectivity index (χ2n) is 7.75. The van der Waals surface area contributed by atoms with E-state index in [1.165, 1.54) is 14.2 Å². The van der Waals surface area contributed by atoms with Gasteiger partial charge in [-0.3, -0.25) is 14.4 Å². The van der Waals surface area contributed by atoms with Gasteiger partial charge in [0.1, 0.15) is 11.4 Å². The summed E-state index contributed by atoms with van der Waals surface area (Å²) in [5.74, 6) is -1.21. The number of carbonyl (C=O) groups excluding carboxylic acids is 3. The number of ketones is 2. The SMILES string of the molecule is COC[C@H](CC(=O)[C@@H](C)COC)C(=O)N[C@@H](CC(C)C)C(=O)[C@@]1(C)CO1. The van der Waals surface area contributed by atoms with Gasteiger partial charge in [0.2, 0.25) is 5.91 Å². The Balaban J connectivity index is 2.78. The summed E-state index contributed by atoms with van der Waals surface area (Å²) in [5, 5.41) is 2.82. The third-order valence-corrected chi connectivity index (χ3v) is 4.59. The first-order valence-electron chi connectivity index (χ1n) is 9.13. The molecule has 150 valence electrons. The Morgan fingerprint density at radius 1 is 1.12 bits per heavy atom. The average molecular weight is 371 g/mol. The van der Waals surface area contributed by atoms with Crippen LogP contribution in [-0.4, -0.2) is 63.2 Å². The van der Waals surface area contributed by atoms with E-state index in [-0.39, 0.29) is 42.3 Å². The molecule has 0 aromatic rings. The maximum Gasteiger partial charge on any atom is 0.226 e. The van der Waals surface area contributed by atoms with Gasteiger partial charge in [-0.05, 0) is 19.3 Å². The highest BCUT2D eigenvalue weighted by Crippen LogP contribution is 2.29. The van der Waals surface area contributed by atoms with Crippen LogP contribution in [-0.2, 0) is 28.6 Å². The van der Waals surface area contributed by atoms with Gasteiger partial charge < -0.3 is 19.5 Å². The fraction of sp³-hybridized carbons (Fsp3) is 0.842. The van der Waals surface area contributed by atoms with Gasteiger partial charge in [-0.15, -0.1) is 0 Å². The molecule has 0 aromatic carbocycles. The summed E-state index contributed by atoms with van der Waals surface area (Å²) in [6, 6.07) is -0.624. The smallest absolute Gasteiger partial charge is 0.226 e. The van der Waals surface area contributed by atoms with Gasteiger partial charge in [0.15, 0.2) is 5.78 Å². The molecule has 0 aromatic heterocycles. The van der Waals surface area contributed by atoms with E-state index in [0.717, 1.165) is 0 Å². The minimum Gasteiger partial charge on any atom is -0.384 e. The van der Waals surface area contributed by atoms with E-state index in [1.807, 2.05) is 13.8 Å². The Hall–Kier alpha value is -1.31. The number of carbonyl (C=O) groups is 3. The van der Waals surface area contributed by atoms with Crippen molar-refractivity contribution in [3.63, 3.8) is 0 Å². The lowest BCUT2D eigenvalue weighted by Gasteiger charge is -2.24. The molecule has 0 radical (unpaired) electrons. The van der Waals surface area contributed by atoms with Gasteiger partial charge in [-0.1, -0.05) is 20.8 Å². The van der Waals surface area contributed by atoms with Crippen molar-refractivity contribution in [2.75, 3.05) is 34.0 Å². The van der Waals surface area contributed by atoms with Crippen molar-refractivity contribution in [1.82, 2.24) is 5.32 Å². The summed E-state index contributed by atoms with van der Waals surface area (Å²) in [6.07, 6.45) is 0.581. The zero-order valence-electron chi connectivity index (χ0n) is 16.8. The van der Waals surface area contributed by atoms with Crippen molar-refractivity contribution in [1.29, 1.82) is 0 Å². The summed E-state index contributed by atoms with van der Waals surface area (Å²) in [6.45, 7) is 8.29. The highest BCUT2D eigenvalue weighted by molar-refractivity contribution is 5.97. The van der Waals surface area contributed by atoms with Crippen LogP contribution >= 0.6 is 0 Å². The average Bonchev–Trinajstić information content (AvgIpc) is 3.31. The monoisotopic (exact) mass is 371 g/mol. The van der Waals surface area contributed by atoms with Crippen LogP contribution < -0.4 is 5.32 Å². The van der Waals surface area contributed by atoms with Gasteiger partial charge in [0.25, 0.3) is 0 Å². The van der Waals surface area contributed by atoms with Gasteiger partial charge in [0, 0.05) is 26.6 Å².